The van der Waals surface area contributed by atoms with Crippen LogP contribution in [0.15, 0.2) is 4.99 Å². The molecule has 1 rings (SSSR count). The van der Waals surface area contributed by atoms with Crippen molar-refractivity contribution in [1.82, 2.24) is 20.9 Å². The highest BCUT2D eigenvalue weighted by molar-refractivity contribution is 14.0. The molecule has 0 aliphatic carbocycles. The van der Waals surface area contributed by atoms with Crippen LogP contribution in [-0.4, -0.2) is 60.9 Å². The first-order valence-electron chi connectivity index (χ1n) is 7.93. The number of amides is 2. The molecule has 7 nitrogen and oxygen atoms in total. The van der Waals surface area contributed by atoms with Crippen molar-refractivity contribution in [3.8, 4) is 0 Å². The van der Waals surface area contributed by atoms with E-state index in [2.05, 4.69) is 20.9 Å². The number of rotatable bonds is 5. The molecule has 0 aromatic heterocycles. The van der Waals surface area contributed by atoms with E-state index in [1.807, 2.05) is 32.6 Å². The largest absolute Gasteiger partial charge is 0.357 e. The molecule has 0 aromatic rings. The van der Waals surface area contributed by atoms with Crippen molar-refractivity contribution in [1.29, 1.82) is 0 Å². The number of guanidine groups is 1. The second-order valence-electron chi connectivity index (χ2n) is 6.43. The standard InChI is InChI=1S/C15H29N5O2.HI/c1-5-16-14(17-10-12(21)19-15(2,3)4)18-11-13(22)20-8-6-7-9-20;/h5-11H2,1-4H3,(H,19,21)(H2,16,17,18);1H. The van der Waals surface area contributed by atoms with Gasteiger partial charge in [0.25, 0.3) is 0 Å². The average Bonchev–Trinajstić information content (AvgIpc) is 2.93. The van der Waals surface area contributed by atoms with Gasteiger partial charge in [0, 0.05) is 25.2 Å². The van der Waals surface area contributed by atoms with E-state index in [1.165, 1.54) is 0 Å². The number of nitrogens with zero attached hydrogens (tertiary/aromatic N) is 2. The molecule has 0 radical (unpaired) electrons. The van der Waals surface area contributed by atoms with Crippen LogP contribution in [0.1, 0.15) is 40.5 Å². The van der Waals surface area contributed by atoms with Gasteiger partial charge in [0.05, 0.1) is 6.54 Å². The van der Waals surface area contributed by atoms with Crippen LogP contribution >= 0.6 is 24.0 Å². The summed E-state index contributed by atoms with van der Waals surface area (Å²) in [6, 6.07) is 0. The number of aliphatic imine (C=N–C) groups is 1. The van der Waals surface area contributed by atoms with E-state index in [4.69, 9.17) is 0 Å². The van der Waals surface area contributed by atoms with E-state index in [-0.39, 0.29) is 54.4 Å². The summed E-state index contributed by atoms with van der Waals surface area (Å²) < 4.78 is 0. The third kappa shape index (κ3) is 9.62. The lowest BCUT2D eigenvalue weighted by Crippen LogP contribution is -2.45. The van der Waals surface area contributed by atoms with Crippen LogP contribution in [0.4, 0.5) is 0 Å². The maximum atomic E-state index is 12.0. The second kappa shape index (κ2) is 10.7. The zero-order valence-corrected chi connectivity index (χ0v) is 16.9. The van der Waals surface area contributed by atoms with Crippen LogP contribution in [0.2, 0.25) is 0 Å². The van der Waals surface area contributed by atoms with E-state index in [0.29, 0.717) is 12.5 Å². The Balaban J connectivity index is 0.00000484. The minimum atomic E-state index is -0.274. The molecule has 2 amide bonds. The van der Waals surface area contributed by atoms with E-state index < -0.39 is 0 Å². The van der Waals surface area contributed by atoms with Crippen LogP contribution in [0.25, 0.3) is 0 Å². The molecule has 1 heterocycles. The molecule has 8 heteroatoms. The Kier molecular flexibility index (Phi) is 10.2. The molecule has 0 atom stereocenters. The lowest BCUT2D eigenvalue weighted by molar-refractivity contribution is -0.128. The Hall–Kier alpha value is -1.06. The van der Waals surface area contributed by atoms with Gasteiger partial charge in [-0.15, -0.1) is 24.0 Å². The molecule has 0 spiro atoms. The van der Waals surface area contributed by atoms with Crippen molar-refractivity contribution in [2.45, 2.75) is 46.1 Å². The SMILES string of the molecule is CCNC(=NCC(=O)NC(C)(C)C)NCC(=O)N1CCCC1.I. The molecule has 3 N–H and O–H groups in total. The van der Waals surface area contributed by atoms with Gasteiger partial charge < -0.3 is 20.9 Å². The summed E-state index contributed by atoms with van der Waals surface area (Å²) in [5.74, 6) is 0.414. The van der Waals surface area contributed by atoms with E-state index in [0.717, 1.165) is 25.9 Å². The number of carbonyl (C=O) groups excluding carboxylic acids is 2. The summed E-state index contributed by atoms with van der Waals surface area (Å²) in [6.45, 7) is 10.3. The molecular formula is C15H30IN5O2. The first-order chi connectivity index (χ1) is 10.3. The van der Waals surface area contributed by atoms with Crippen molar-refractivity contribution in [3.05, 3.63) is 0 Å². The van der Waals surface area contributed by atoms with Gasteiger partial charge in [-0.2, -0.15) is 0 Å². The second-order valence-corrected chi connectivity index (χ2v) is 6.43. The van der Waals surface area contributed by atoms with Gasteiger partial charge in [-0.3, -0.25) is 9.59 Å². The summed E-state index contributed by atoms with van der Waals surface area (Å²) >= 11 is 0. The van der Waals surface area contributed by atoms with Crippen LogP contribution in [0.5, 0.6) is 0 Å². The Bertz CT molecular complexity index is 415. The number of halogens is 1. The van der Waals surface area contributed by atoms with Gasteiger partial charge in [0.1, 0.15) is 6.54 Å². The van der Waals surface area contributed by atoms with Crippen molar-refractivity contribution >= 4 is 41.8 Å². The summed E-state index contributed by atoms with van der Waals surface area (Å²) in [4.78, 5) is 29.8. The number of nitrogens with one attached hydrogen (secondary N) is 3. The van der Waals surface area contributed by atoms with Crippen molar-refractivity contribution in [3.63, 3.8) is 0 Å². The smallest absolute Gasteiger partial charge is 0.242 e. The summed E-state index contributed by atoms with van der Waals surface area (Å²) in [5, 5.41) is 8.87. The molecule has 1 saturated heterocycles. The summed E-state index contributed by atoms with van der Waals surface area (Å²) in [7, 11) is 0. The Labute approximate surface area is 156 Å². The highest BCUT2D eigenvalue weighted by atomic mass is 127. The fourth-order valence-electron chi connectivity index (χ4n) is 2.19. The minimum Gasteiger partial charge on any atom is -0.357 e. The lowest BCUT2D eigenvalue weighted by atomic mass is 10.1. The topological polar surface area (TPSA) is 85.8 Å². The molecule has 23 heavy (non-hydrogen) atoms. The van der Waals surface area contributed by atoms with E-state index in [1.54, 1.807) is 0 Å². The van der Waals surface area contributed by atoms with Crippen LogP contribution < -0.4 is 16.0 Å². The number of hydrogen-bond acceptors (Lipinski definition) is 3. The van der Waals surface area contributed by atoms with Crippen molar-refractivity contribution < 1.29 is 9.59 Å². The molecule has 0 aromatic carbocycles. The highest BCUT2D eigenvalue weighted by Gasteiger charge is 2.18. The van der Waals surface area contributed by atoms with E-state index in [9.17, 15) is 9.59 Å². The molecule has 1 fully saturated rings. The van der Waals surface area contributed by atoms with Crippen LogP contribution in [-0.2, 0) is 9.59 Å². The Morgan fingerprint density at radius 2 is 1.74 bits per heavy atom. The third-order valence-electron chi connectivity index (χ3n) is 3.11. The van der Waals surface area contributed by atoms with Gasteiger partial charge >= 0.3 is 0 Å². The molecule has 1 aliphatic heterocycles. The number of carbonyl (C=O) groups is 2. The molecule has 0 saturated carbocycles. The summed E-state index contributed by atoms with van der Waals surface area (Å²) in [6.07, 6.45) is 2.15. The Morgan fingerprint density at radius 3 is 2.26 bits per heavy atom. The van der Waals surface area contributed by atoms with Crippen molar-refractivity contribution in [2.24, 2.45) is 4.99 Å². The van der Waals surface area contributed by atoms with Gasteiger partial charge in [-0.05, 0) is 40.5 Å². The predicted octanol–water partition coefficient (Wildman–Crippen LogP) is 0.697. The predicted molar refractivity (Wildman–Crippen MR) is 103 cm³/mol. The zero-order valence-electron chi connectivity index (χ0n) is 14.6. The fourth-order valence-corrected chi connectivity index (χ4v) is 2.19. The van der Waals surface area contributed by atoms with Crippen LogP contribution in [0, 0.1) is 0 Å². The van der Waals surface area contributed by atoms with Crippen LogP contribution in [0.3, 0.4) is 0 Å². The average molecular weight is 439 g/mol. The monoisotopic (exact) mass is 439 g/mol. The molecule has 134 valence electrons. The van der Waals surface area contributed by atoms with Gasteiger partial charge in [0.15, 0.2) is 5.96 Å². The lowest BCUT2D eigenvalue weighted by Gasteiger charge is -2.20. The van der Waals surface area contributed by atoms with Gasteiger partial charge in [-0.25, -0.2) is 4.99 Å². The first kappa shape index (κ1) is 21.9. The van der Waals surface area contributed by atoms with Crippen molar-refractivity contribution in [2.75, 3.05) is 32.7 Å². The first-order valence-corrected chi connectivity index (χ1v) is 7.93. The van der Waals surface area contributed by atoms with Gasteiger partial charge in [0.2, 0.25) is 11.8 Å². The Morgan fingerprint density at radius 1 is 1.13 bits per heavy atom. The quantitative estimate of drug-likeness (QED) is 0.335. The normalized spacial score (nSPS) is 15.0. The third-order valence-corrected chi connectivity index (χ3v) is 3.11. The molecule has 0 bridgehead atoms. The fraction of sp³-hybridized carbons (Fsp3) is 0.800. The zero-order chi connectivity index (χ0) is 16.6. The molecular weight excluding hydrogens is 409 g/mol. The molecule has 1 aliphatic rings. The molecule has 0 unspecified atom stereocenters. The minimum absolute atomic E-state index is 0. The summed E-state index contributed by atoms with van der Waals surface area (Å²) in [5.41, 5.74) is -0.274. The maximum Gasteiger partial charge on any atom is 0.242 e. The highest BCUT2D eigenvalue weighted by Crippen LogP contribution is 2.06. The number of hydrogen-bond donors (Lipinski definition) is 3. The van der Waals surface area contributed by atoms with Gasteiger partial charge in [-0.1, -0.05) is 0 Å². The number of likely N-dealkylation sites (tertiary alicyclic amines) is 1. The van der Waals surface area contributed by atoms with E-state index >= 15 is 0 Å². The maximum absolute atomic E-state index is 12.0.